The summed E-state index contributed by atoms with van der Waals surface area (Å²) in [6.07, 6.45) is 6.90. The van der Waals surface area contributed by atoms with E-state index in [1.54, 1.807) is 0 Å². The molecule has 1 aliphatic rings. The maximum atomic E-state index is 13.0. The highest BCUT2D eigenvalue weighted by Gasteiger charge is 2.29. The maximum Gasteiger partial charge on any atom is 0.242 e. The van der Waals surface area contributed by atoms with Crippen molar-refractivity contribution in [3.63, 3.8) is 0 Å². The minimum Gasteiger partial charge on any atom is -0.387 e. The molecule has 1 atom stereocenters. The van der Waals surface area contributed by atoms with Gasteiger partial charge in [0.15, 0.2) is 11.7 Å². The molecule has 2 aromatic rings. The molecule has 1 fully saturated rings. The molecule has 0 saturated carbocycles. The minimum absolute atomic E-state index is 0.0610. The second-order valence-corrected chi connectivity index (χ2v) is 6.26. The number of halogens is 2. The van der Waals surface area contributed by atoms with Crippen LogP contribution in [0.15, 0.2) is 24.8 Å². The normalized spacial score (nSPS) is 14.9. The van der Waals surface area contributed by atoms with E-state index in [-0.39, 0.29) is 5.82 Å². The molecule has 1 amide bonds. The summed E-state index contributed by atoms with van der Waals surface area (Å²) in [5, 5.41) is 10.8. The van der Waals surface area contributed by atoms with Gasteiger partial charge in [0, 0.05) is 19.3 Å². The van der Waals surface area contributed by atoms with Gasteiger partial charge < -0.3 is 16.0 Å². The molecule has 0 aliphatic carbocycles. The van der Waals surface area contributed by atoms with Gasteiger partial charge in [-0.1, -0.05) is 11.6 Å². The van der Waals surface area contributed by atoms with E-state index >= 15 is 0 Å². The Morgan fingerprint density at radius 1 is 1.27 bits per heavy atom. The predicted octanol–water partition coefficient (Wildman–Crippen LogP) is 1.92. The molecule has 1 aliphatic heterocycles. The highest BCUT2D eigenvalue weighted by molar-refractivity contribution is 6.34. The van der Waals surface area contributed by atoms with Crippen LogP contribution in [0.4, 0.5) is 15.8 Å². The van der Waals surface area contributed by atoms with Gasteiger partial charge in [-0.15, -0.1) is 0 Å². The van der Waals surface area contributed by atoms with E-state index in [0.717, 1.165) is 38.3 Å². The predicted molar refractivity (Wildman–Crippen MR) is 96.0 cm³/mol. The van der Waals surface area contributed by atoms with Gasteiger partial charge in [-0.2, -0.15) is 0 Å². The number of carbonyl (C=O) groups is 1. The first-order valence-corrected chi connectivity index (χ1v) is 8.36. The van der Waals surface area contributed by atoms with Crippen molar-refractivity contribution in [3.8, 4) is 0 Å². The van der Waals surface area contributed by atoms with E-state index in [0.29, 0.717) is 16.4 Å². The maximum absolute atomic E-state index is 13.0. The lowest BCUT2D eigenvalue weighted by atomic mass is 10.1. The Morgan fingerprint density at radius 3 is 2.54 bits per heavy atom. The van der Waals surface area contributed by atoms with Crippen LogP contribution in [0.1, 0.15) is 24.6 Å². The highest BCUT2D eigenvalue weighted by atomic mass is 35.5. The number of nitrogens with zero attached hydrogens (tertiary/aromatic N) is 4. The molecule has 0 aromatic carbocycles. The fourth-order valence-electron chi connectivity index (χ4n) is 2.86. The molecule has 3 heterocycles. The molecular formula is C16H17ClFN7O. The van der Waals surface area contributed by atoms with Crippen molar-refractivity contribution < 1.29 is 9.18 Å². The van der Waals surface area contributed by atoms with Gasteiger partial charge in [-0.3, -0.25) is 15.2 Å². The van der Waals surface area contributed by atoms with Gasteiger partial charge in [0.2, 0.25) is 5.91 Å². The zero-order chi connectivity index (χ0) is 18.7. The molecule has 3 rings (SSSR count). The van der Waals surface area contributed by atoms with Crippen LogP contribution in [0, 0.1) is 11.2 Å². The van der Waals surface area contributed by atoms with Crippen LogP contribution >= 0.6 is 11.6 Å². The summed E-state index contributed by atoms with van der Waals surface area (Å²) in [5.74, 6) is -3.03. The lowest BCUT2D eigenvalue weighted by Gasteiger charge is -2.23. The third kappa shape index (κ3) is 3.72. The van der Waals surface area contributed by atoms with Crippen LogP contribution in [-0.4, -0.2) is 39.8 Å². The third-order valence-electron chi connectivity index (χ3n) is 4.02. The average molecular weight is 378 g/mol. The zero-order valence-corrected chi connectivity index (χ0v) is 14.5. The van der Waals surface area contributed by atoms with Crippen LogP contribution in [0.3, 0.4) is 0 Å². The molecule has 0 radical (unpaired) electrons. The van der Waals surface area contributed by atoms with Crippen molar-refractivity contribution in [2.45, 2.75) is 18.8 Å². The van der Waals surface area contributed by atoms with Crippen LogP contribution < -0.4 is 16.0 Å². The first-order valence-electron chi connectivity index (χ1n) is 7.98. The first-order chi connectivity index (χ1) is 12.5. The van der Waals surface area contributed by atoms with Gasteiger partial charge >= 0.3 is 0 Å². The molecule has 2 aromatic heterocycles. The summed E-state index contributed by atoms with van der Waals surface area (Å²) in [4.78, 5) is 26.3. The van der Waals surface area contributed by atoms with E-state index in [4.69, 9.17) is 22.7 Å². The van der Waals surface area contributed by atoms with E-state index in [2.05, 4.69) is 25.2 Å². The standard InChI is InChI=1S/C16H17ClFN7O/c17-10-7-21-8-11(13(10)25-3-1-2-4-25)24-16(26)12(14(19)20)15-22-5-9(18)6-23-15/h5-8,12H,1-4H2,(H3,19,20)(H,24,26). The number of anilines is 2. The largest absolute Gasteiger partial charge is 0.387 e. The summed E-state index contributed by atoms with van der Waals surface area (Å²) in [6, 6.07) is 0. The fourth-order valence-corrected chi connectivity index (χ4v) is 3.13. The number of nitrogens with one attached hydrogen (secondary N) is 2. The summed E-state index contributed by atoms with van der Waals surface area (Å²) >= 11 is 6.28. The zero-order valence-electron chi connectivity index (χ0n) is 13.7. The van der Waals surface area contributed by atoms with Gasteiger partial charge in [-0.25, -0.2) is 14.4 Å². The minimum atomic E-state index is -1.25. The number of amides is 1. The van der Waals surface area contributed by atoms with Crippen LogP contribution in [0.25, 0.3) is 0 Å². The number of aromatic nitrogens is 3. The highest BCUT2D eigenvalue weighted by Crippen LogP contribution is 2.35. The summed E-state index contributed by atoms with van der Waals surface area (Å²) in [6.45, 7) is 1.65. The molecule has 0 bridgehead atoms. The Hall–Kier alpha value is -2.81. The van der Waals surface area contributed by atoms with Crippen LogP contribution in [0.2, 0.25) is 5.02 Å². The number of nitrogens with two attached hydrogens (primary N) is 1. The molecule has 1 unspecified atom stereocenters. The van der Waals surface area contributed by atoms with Crippen molar-refractivity contribution in [1.82, 2.24) is 15.0 Å². The van der Waals surface area contributed by atoms with E-state index in [1.165, 1.54) is 12.4 Å². The molecule has 26 heavy (non-hydrogen) atoms. The van der Waals surface area contributed by atoms with Crippen LogP contribution in [-0.2, 0) is 4.79 Å². The summed E-state index contributed by atoms with van der Waals surface area (Å²) in [5.41, 5.74) is 6.64. The number of amidine groups is 1. The molecular weight excluding hydrogens is 361 g/mol. The SMILES string of the molecule is N=C(N)C(C(=O)Nc1cncc(Cl)c1N1CCCC1)c1ncc(F)cn1. The van der Waals surface area contributed by atoms with E-state index in [1.807, 2.05) is 0 Å². The molecule has 8 nitrogen and oxygen atoms in total. The van der Waals surface area contributed by atoms with Crippen molar-refractivity contribution in [1.29, 1.82) is 5.41 Å². The average Bonchev–Trinajstić information content (AvgIpc) is 3.10. The lowest BCUT2D eigenvalue weighted by molar-refractivity contribution is -0.116. The van der Waals surface area contributed by atoms with E-state index in [9.17, 15) is 9.18 Å². The second kappa shape index (κ2) is 7.61. The lowest BCUT2D eigenvalue weighted by Crippen LogP contribution is -2.34. The Labute approximate surface area is 154 Å². The monoisotopic (exact) mass is 377 g/mol. The Bertz CT molecular complexity index is 824. The fraction of sp³-hybridized carbons (Fsp3) is 0.312. The van der Waals surface area contributed by atoms with Crippen molar-refractivity contribution >= 4 is 34.7 Å². The summed E-state index contributed by atoms with van der Waals surface area (Å²) in [7, 11) is 0. The smallest absolute Gasteiger partial charge is 0.242 e. The van der Waals surface area contributed by atoms with E-state index < -0.39 is 23.5 Å². The molecule has 4 N–H and O–H groups in total. The molecule has 10 heteroatoms. The van der Waals surface area contributed by atoms with Crippen molar-refractivity contribution in [3.05, 3.63) is 41.5 Å². The summed E-state index contributed by atoms with van der Waals surface area (Å²) < 4.78 is 13.0. The van der Waals surface area contributed by atoms with Crippen molar-refractivity contribution in [2.24, 2.45) is 5.73 Å². The second-order valence-electron chi connectivity index (χ2n) is 5.85. The molecule has 1 saturated heterocycles. The molecule has 0 spiro atoms. The van der Waals surface area contributed by atoms with Crippen molar-refractivity contribution in [2.75, 3.05) is 23.3 Å². The Kier molecular flexibility index (Phi) is 5.27. The Morgan fingerprint density at radius 2 is 1.92 bits per heavy atom. The topological polar surface area (TPSA) is 121 Å². The molecule has 136 valence electrons. The third-order valence-corrected chi connectivity index (χ3v) is 4.30. The number of carbonyl (C=O) groups excluding carboxylic acids is 1. The van der Waals surface area contributed by atoms with Gasteiger partial charge in [0.05, 0.1) is 35.0 Å². The van der Waals surface area contributed by atoms with Gasteiger partial charge in [-0.05, 0) is 12.8 Å². The van der Waals surface area contributed by atoms with Crippen LogP contribution in [0.5, 0.6) is 0 Å². The van der Waals surface area contributed by atoms with Gasteiger partial charge in [0.25, 0.3) is 0 Å². The van der Waals surface area contributed by atoms with Gasteiger partial charge in [0.1, 0.15) is 11.7 Å². The number of rotatable bonds is 5. The first kappa shape index (κ1) is 18.0. The number of hydrogen-bond donors (Lipinski definition) is 3. The number of hydrogen-bond acceptors (Lipinski definition) is 6. The number of pyridine rings is 1. The Balaban J connectivity index is 1.89. The quantitative estimate of drug-likeness (QED) is 0.540.